The van der Waals surface area contributed by atoms with E-state index < -0.39 is 18.3 Å². The van der Waals surface area contributed by atoms with Gasteiger partial charge in [-0.25, -0.2) is 0 Å². The average molecular weight is 348 g/mol. The van der Waals surface area contributed by atoms with E-state index in [1.165, 1.54) is 11.8 Å². The predicted molar refractivity (Wildman–Crippen MR) is 101 cm³/mol. The Labute approximate surface area is 148 Å². The molecular weight excluding hydrogens is 323 g/mol. The van der Waals surface area contributed by atoms with Crippen LogP contribution in [0.4, 0.5) is 5.69 Å². The van der Waals surface area contributed by atoms with Crippen LogP contribution in [0.1, 0.15) is 45.9 Å². The number of carbonyl (C=O) groups excluding carboxylic acids is 1. The quantitative estimate of drug-likeness (QED) is 0.842. The molecule has 0 radical (unpaired) electrons. The van der Waals surface area contributed by atoms with Crippen molar-refractivity contribution >= 4 is 35.8 Å². The lowest BCUT2D eigenvalue weighted by Crippen LogP contribution is -2.41. The number of pyridine rings is 1. The maximum absolute atomic E-state index is 11.4. The van der Waals surface area contributed by atoms with E-state index in [4.69, 9.17) is 15.0 Å². The first-order chi connectivity index (χ1) is 11.0. The molecule has 0 aromatic carbocycles. The highest BCUT2D eigenvalue weighted by Crippen LogP contribution is 2.39. The summed E-state index contributed by atoms with van der Waals surface area (Å²) in [5.74, 6) is 0.473. The predicted octanol–water partition coefficient (Wildman–Crippen LogP) is 3.27. The molecule has 0 aliphatic carbocycles. The minimum atomic E-state index is -0.524. The van der Waals surface area contributed by atoms with Crippen molar-refractivity contribution in [3.05, 3.63) is 29.0 Å². The molecule has 1 fully saturated rings. The van der Waals surface area contributed by atoms with Crippen LogP contribution in [0.25, 0.3) is 6.08 Å². The summed E-state index contributed by atoms with van der Waals surface area (Å²) in [6.07, 6.45) is 3.60. The lowest BCUT2D eigenvalue weighted by atomic mass is 9.78. The highest BCUT2D eigenvalue weighted by Gasteiger charge is 2.52. The summed E-state index contributed by atoms with van der Waals surface area (Å²) < 4.78 is 12.2. The molecule has 0 unspecified atom stereocenters. The van der Waals surface area contributed by atoms with Gasteiger partial charge in [-0.1, -0.05) is 11.8 Å². The maximum atomic E-state index is 11.4. The molecule has 0 spiro atoms. The number of aryl methyl sites for hydroxylation is 1. The molecular formula is C17H25BN2O3S. The van der Waals surface area contributed by atoms with Crippen molar-refractivity contribution in [1.29, 1.82) is 0 Å². The van der Waals surface area contributed by atoms with Gasteiger partial charge in [0.2, 0.25) is 0 Å². The van der Waals surface area contributed by atoms with Gasteiger partial charge in [0, 0.05) is 18.9 Å². The summed E-state index contributed by atoms with van der Waals surface area (Å²) in [7, 11) is -0.524. The molecule has 1 aromatic heterocycles. The van der Waals surface area contributed by atoms with Crippen molar-refractivity contribution in [2.45, 2.75) is 52.7 Å². The van der Waals surface area contributed by atoms with Crippen molar-refractivity contribution in [1.82, 2.24) is 4.98 Å². The normalized spacial score (nSPS) is 19.6. The molecule has 24 heavy (non-hydrogen) atoms. The lowest BCUT2D eigenvalue weighted by Gasteiger charge is -2.32. The first-order valence-electron chi connectivity index (χ1n) is 7.94. The van der Waals surface area contributed by atoms with Crippen LogP contribution < -0.4 is 5.73 Å². The van der Waals surface area contributed by atoms with E-state index in [1.807, 2.05) is 46.8 Å². The number of hydrogen-bond donors (Lipinski definition) is 1. The number of nitrogens with zero attached hydrogens (tertiary/aromatic N) is 1. The Kier molecular flexibility index (Phi) is 5.47. The minimum absolute atomic E-state index is 0.0441. The van der Waals surface area contributed by atoms with Crippen LogP contribution in [-0.2, 0) is 14.1 Å². The van der Waals surface area contributed by atoms with Gasteiger partial charge in [0.15, 0.2) is 5.12 Å². The fourth-order valence-electron chi connectivity index (χ4n) is 2.24. The van der Waals surface area contributed by atoms with Crippen LogP contribution in [-0.4, -0.2) is 34.2 Å². The third-order valence-corrected chi connectivity index (χ3v) is 5.44. The number of rotatable bonds is 4. The zero-order chi connectivity index (χ0) is 18.1. The van der Waals surface area contributed by atoms with Crippen molar-refractivity contribution in [3.8, 4) is 0 Å². The van der Waals surface area contributed by atoms with Crippen molar-refractivity contribution in [3.63, 3.8) is 0 Å². The average Bonchev–Trinajstić information content (AvgIpc) is 2.67. The topological polar surface area (TPSA) is 74.4 Å². The standard InChI is InChI=1S/C17H25BN2O3S/c1-11-7-8-20-14(15(11)19)9-13(10-24-12(2)21)18-22-16(3,4)17(5,6)23-18/h7-9H,10,19H2,1-6H3. The smallest absolute Gasteiger partial charge is 0.400 e. The SMILES string of the molecule is CC(=O)SCC(=Cc1nccc(C)c1N)B1OC(C)(C)C(C)(C)O1. The Bertz CT molecular complexity index is 658. The molecule has 1 saturated heterocycles. The van der Waals surface area contributed by atoms with E-state index in [0.29, 0.717) is 17.1 Å². The molecule has 1 aliphatic heterocycles. The number of nitrogens with two attached hydrogens (primary N) is 1. The minimum Gasteiger partial charge on any atom is -0.400 e. The maximum Gasteiger partial charge on any atom is 0.491 e. The second-order valence-electron chi connectivity index (χ2n) is 7.01. The van der Waals surface area contributed by atoms with E-state index in [9.17, 15) is 4.79 Å². The Hall–Kier alpha value is -1.31. The van der Waals surface area contributed by atoms with Gasteiger partial charge < -0.3 is 15.0 Å². The molecule has 0 atom stereocenters. The van der Waals surface area contributed by atoms with Crippen LogP contribution in [0.5, 0.6) is 0 Å². The summed E-state index contributed by atoms with van der Waals surface area (Å²) in [4.78, 5) is 15.7. The number of nitrogen functional groups attached to an aromatic ring is 1. The summed E-state index contributed by atoms with van der Waals surface area (Å²) >= 11 is 1.22. The molecule has 1 aromatic rings. The fourth-order valence-corrected chi connectivity index (χ4v) is 2.83. The third kappa shape index (κ3) is 4.02. The van der Waals surface area contributed by atoms with Gasteiger partial charge in [-0.3, -0.25) is 9.78 Å². The second-order valence-corrected chi connectivity index (χ2v) is 8.17. The van der Waals surface area contributed by atoms with E-state index in [2.05, 4.69) is 4.98 Å². The zero-order valence-corrected chi connectivity index (χ0v) is 16.0. The van der Waals surface area contributed by atoms with E-state index in [0.717, 1.165) is 11.0 Å². The van der Waals surface area contributed by atoms with Gasteiger partial charge in [-0.2, -0.15) is 0 Å². The van der Waals surface area contributed by atoms with Gasteiger partial charge in [-0.05, 0) is 57.8 Å². The van der Waals surface area contributed by atoms with E-state index >= 15 is 0 Å². The van der Waals surface area contributed by atoms with Gasteiger partial charge in [-0.15, -0.1) is 0 Å². The van der Waals surface area contributed by atoms with E-state index in [-0.39, 0.29) is 5.12 Å². The summed E-state index contributed by atoms with van der Waals surface area (Å²) in [6, 6.07) is 1.87. The van der Waals surface area contributed by atoms with Crippen LogP contribution >= 0.6 is 11.8 Å². The van der Waals surface area contributed by atoms with Gasteiger partial charge in [0.25, 0.3) is 0 Å². The number of aromatic nitrogens is 1. The number of thioether (sulfide) groups is 1. The summed E-state index contributed by atoms with van der Waals surface area (Å²) in [5.41, 5.74) is 8.35. The van der Waals surface area contributed by atoms with E-state index in [1.54, 1.807) is 13.1 Å². The first kappa shape index (κ1) is 19.0. The van der Waals surface area contributed by atoms with Gasteiger partial charge >= 0.3 is 7.12 Å². The third-order valence-electron chi connectivity index (χ3n) is 4.56. The molecule has 0 amide bonds. The Morgan fingerprint density at radius 3 is 2.46 bits per heavy atom. The van der Waals surface area contributed by atoms with Crippen LogP contribution in [0.15, 0.2) is 17.7 Å². The van der Waals surface area contributed by atoms with Gasteiger partial charge in [0.1, 0.15) is 0 Å². The van der Waals surface area contributed by atoms with Crippen LogP contribution in [0, 0.1) is 6.92 Å². The van der Waals surface area contributed by atoms with Crippen molar-refractivity contribution in [2.24, 2.45) is 0 Å². The molecule has 0 saturated carbocycles. The van der Waals surface area contributed by atoms with Crippen molar-refractivity contribution < 1.29 is 14.1 Å². The number of hydrogen-bond acceptors (Lipinski definition) is 6. The Morgan fingerprint density at radius 1 is 1.33 bits per heavy atom. The molecule has 2 heterocycles. The lowest BCUT2D eigenvalue weighted by molar-refractivity contribution is -0.109. The monoisotopic (exact) mass is 348 g/mol. The fraction of sp³-hybridized carbons (Fsp3) is 0.529. The molecule has 0 bridgehead atoms. The highest BCUT2D eigenvalue weighted by molar-refractivity contribution is 8.13. The molecule has 2 N–H and O–H groups in total. The highest BCUT2D eigenvalue weighted by atomic mass is 32.2. The Morgan fingerprint density at radius 2 is 1.92 bits per heavy atom. The number of carbonyl (C=O) groups is 1. The molecule has 2 rings (SSSR count). The Balaban J connectivity index is 2.37. The summed E-state index contributed by atoms with van der Waals surface area (Å²) in [6.45, 7) is 11.5. The molecule has 130 valence electrons. The molecule has 5 nitrogen and oxygen atoms in total. The summed E-state index contributed by atoms with van der Waals surface area (Å²) in [5, 5.41) is 0.0441. The van der Waals surface area contributed by atoms with Crippen LogP contribution in [0.2, 0.25) is 0 Å². The zero-order valence-electron chi connectivity index (χ0n) is 15.2. The van der Waals surface area contributed by atoms with Gasteiger partial charge in [0.05, 0.1) is 22.6 Å². The second kappa shape index (κ2) is 6.90. The number of anilines is 1. The largest absolute Gasteiger partial charge is 0.491 e. The molecule has 1 aliphatic rings. The molecule has 7 heteroatoms. The first-order valence-corrected chi connectivity index (χ1v) is 8.92. The van der Waals surface area contributed by atoms with Crippen LogP contribution in [0.3, 0.4) is 0 Å². The van der Waals surface area contributed by atoms with Crippen molar-refractivity contribution in [2.75, 3.05) is 11.5 Å².